The van der Waals surface area contributed by atoms with Crippen LogP contribution in [0.15, 0.2) is 18.2 Å². The summed E-state index contributed by atoms with van der Waals surface area (Å²) >= 11 is 12.4. The van der Waals surface area contributed by atoms with Gasteiger partial charge in [0.15, 0.2) is 0 Å². The van der Waals surface area contributed by atoms with Gasteiger partial charge in [0, 0.05) is 23.2 Å². The number of hydrogen-bond donors (Lipinski definition) is 1. The van der Waals surface area contributed by atoms with Gasteiger partial charge in [-0.05, 0) is 44.4 Å². The quantitative estimate of drug-likeness (QED) is 0.820. The molecule has 0 bridgehead atoms. The van der Waals surface area contributed by atoms with E-state index in [2.05, 4.69) is 15.2 Å². The number of nitrogens with one attached hydrogen (secondary N) is 1. The number of hydrogen-bond acceptors (Lipinski definition) is 4. The highest BCUT2D eigenvalue weighted by Crippen LogP contribution is 2.40. The first-order valence-corrected chi connectivity index (χ1v) is 9.24. The fourth-order valence-corrected chi connectivity index (χ4v) is 4.19. The molecular weight excluding hydrogens is 343 g/mol. The van der Waals surface area contributed by atoms with Crippen LogP contribution in [0.2, 0.25) is 10.0 Å². The summed E-state index contributed by atoms with van der Waals surface area (Å²) in [5.41, 5.74) is 2.14. The third-order valence-electron chi connectivity index (χ3n) is 4.83. The second-order valence-corrected chi connectivity index (χ2v) is 7.39. The smallest absolute Gasteiger partial charge is 0.142 e. The Balaban J connectivity index is 1.71. The second-order valence-electron chi connectivity index (χ2n) is 6.54. The van der Waals surface area contributed by atoms with Gasteiger partial charge in [-0.3, -0.25) is 0 Å². The molecule has 2 aromatic rings. The van der Waals surface area contributed by atoms with Gasteiger partial charge in [-0.2, -0.15) is 0 Å². The van der Waals surface area contributed by atoms with E-state index in [-0.39, 0.29) is 0 Å². The van der Waals surface area contributed by atoms with Gasteiger partial charge in [-0.25, -0.2) is 9.97 Å². The summed E-state index contributed by atoms with van der Waals surface area (Å²) in [6.07, 6.45) is 5.98. The lowest BCUT2D eigenvalue weighted by Crippen LogP contribution is -2.18. The fraction of sp³-hybridized carbons (Fsp3) is 0.444. The number of nitrogens with zero attached hydrogens (tertiary/aromatic N) is 3. The number of halogens is 2. The van der Waals surface area contributed by atoms with Crippen molar-refractivity contribution in [3.8, 4) is 0 Å². The van der Waals surface area contributed by atoms with Crippen LogP contribution in [0.3, 0.4) is 0 Å². The average molecular weight is 363 g/mol. The molecule has 1 aliphatic heterocycles. The molecule has 2 aliphatic rings. The van der Waals surface area contributed by atoms with Crippen LogP contribution in [0.5, 0.6) is 0 Å². The van der Waals surface area contributed by atoms with Gasteiger partial charge in [0.2, 0.25) is 0 Å². The number of aryl methyl sites for hydroxylation is 1. The third kappa shape index (κ3) is 2.93. The number of anilines is 3. The first-order chi connectivity index (χ1) is 11.6. The van der Waals surface area contributed by atoms with Gasteiger partial charge in [-0.15, -0.1) is 0 Å². The summed E-state index contributed by atoms with van der Waals surface area (Å²) in [6, 6.07) is 6.15. The van der Waals surface area contributed by atoms with Crippen LogP contribution in [-0.2, 0) is 6.42 Å². The highest BCUT2D eigenvalue weighted by Gasteiger charge is 2.28. The molecule has 4 nitrogen and oxygen atoms in total. The average Bonchev–Trinajstić information content (AvgIpc) is 3.17. The molecule has 1 fully saturated rings. The lowest BCUT2D eigenvalue weighted by Gasteiger charge is -2.21. The Morgan fingerprint density at radius 1 is 1.17 bits per heavy atom. The van der Waals surface area contributed by atoms with Crippen LogP contribution >= 0.6 is 23.2 Å². The van der Waals surface area contributed by atoms with E-state index in [1.165, 1.54) is 31.2 Å². The van der Waals surface area contributed by atoms with Gasteiger partial charge in [0.1, 0.15) is 17.5 Å². The zero-order valence-electron chi connectivity index (χ0n) is 13.6. The molecule has 1 N–H and O–H groups in total. The van der Waals surface area contributed by atoms with E-state index >= 15 is 0 Å². The molecule has 4 rings (SSSR count). The number of rotatable bonds is 3. The van der Waals surface area contributed by atoms with Crippen molar-refractivity contribution in [1.82, 2.24) is 9.97 Å². The van der Waals surface area contributed by atoms with Gasteiger partial charge in [0.05, 0.1) is 10.7 Å². The molecule has 0 unspecified atom stereocenters. The zero-order valence-corrected chi connectivity index (χ0v) is 15.2. The Morgan fingerprint density at radius 2 is 1.96 bits per heavy atom. The van der Waals surface area contributed by atoms with Crippen molar-refractivity contribution < 1.29 is 0 Å². The summed E-state index contributed by atoms with van der Waals surface area (Å²) in [5, 5.41) is 4.94. The van der Waals surface area contributed by atoms with E-state index in [0.29, 0.717) is 16.1 Å². The Labute approximate surface area is 152 Å². The third-order valence-corrected chi connectivity index (χ3v) is 5.37. The maximum absolute atomic E-state index is 6.41. The van der Waals surface area contributed by atoms with E-state index in [1.807, 2.05) is 19.1 Å². The standard InChI is InChI=1S/C18H20Cl2N4/c1-11-21-17(23-13-4-2-3-5-13)14-8-9-24(18(14)22-11)16-7-6-12(19)10-15(16)20/h6-7,10,13H,2-5,8-9H2,1H3,(H,21,22,23). The lowest BCUT2D eigenvalue weighted by atomic mass is 10.2. The van der Waals surface area contributed by atoms with E-state index in [9.17, 15) is 0 Å². The van der Waals surface area contributed by atoms with E-state index in [4.69, 9.17) is 28.2 Å². The van der Waals surface area contributed by atoms with Gasteiger partial charge < -0.3 is 10.2 Å². The molecule has 1 saturated carbocycles. The minimum absolute atomic E-state index is 0.538. The molecule has 0 amide bonds. The Kier molecular flexibility index (Phi) is 4.27. The predicted octanol–water partition coefficient (Wildman–Crippen LogP) is 5.14. The molecule has 1 aliphatic carbocycles. The minimum atomic E-state index is 0.538. The molecule has 0 saturated heterocycles. The van der Waals surface area contributed by atoms with E-state index in [0.717, 1.165) is 36.1 Å². The van der Waals surface area contributed by atoms with Crippen molar-refractivity contribution in [3.63, 3.8) is 0 Å². The maximum Gasteiger partial charge on any atom is 0.142 e. The topological polar surface area (TPSA) is 41.1 Å². The normalized spacial score (nSPS) is 17.4. The molecule has 24 heavy (non-hydrogen) atoms. The van der Waals surface area contributed by atoms with Gasteiger partial charge in [-0.1, -0.05) is 36.0 Å². The maximum atomic E-state index is 6.41. The van der Waals surface area contributed by atoms with Crippen molar-refractivity contribution in [2.45, 2.75) is 45.1 Å². The second kappa shape index (κ2) is 6.41. The van der Waals surface area contributed by atoms with Crippen LogP contribution in [0.4, 0.5) is 17.3 Å². The van der Waals surface area contributed by atoms with Crippen molar-refractivity contribution in [1.29, 1.82) is 0 Å². The van der Waals surface area contributed by atoms with Crippen molar-refractivity contribution in [3.05, 3.63) is 39.6 Å². The molecule has 2 heterocycles. The molecular formula is C18H20Cl2N4. The summed E-state index contributed by atoms with van der Waals surface area (Å²) in [4.78, 5) is 11.5. The molecule has 0 radical (unpaired) electrons. The highest BCUT2D eigenvalue weighted by atomic mass is 35.5. The highest BCUT2D eigenvalue weighted by molar-refractivity contribution is 6.36. The Bertz CT molecular complexity index is 772. The molecule has 0 atom stereocenters. The number of fused-ring (bicyclic) bond motifs is 1. The van der Waals surface area contributed by atoms with Gasteiger partial charge >= 0.3 is 0 Å². The van der Waals surface area contributed by atoms with Crippen molar-refractivity contribution >= 4 is 40.5 Å². The summed E-state index contributed by atoms with van der Waals surface area (Å²) in [7, 11) is 0. The van der Waals surface area contributed by atoms with E-state index in [1.54, 1.807) is 6.07 Å². The fourth-order valence-electron chi connectivity index (χ4n) is 3.68. The molecule has 126 valence electrons. The molecule has 6 heteroatoms. The van der Waals surface area contributed by atoms with Crippen molar-refractivity contribution in [2.24, 2.45) is 0 Å². The SMILES string of the molecule is Cc1nc(NC2CCCC2)c2c(n1)N(c1ccc(Cl)cc1Cl)CC2. The van der Waals surface area contributed by atoms with Crippen LogP contribution in [0.25, 0.3) is 0 Å². The van der Waals surface area contributed by atoms with Gasteiger partial charge in [0.25, 0.3) is 0 Å². The van der Waals surface area contributed by atoms with Crippen LogP contribution in [0.1, 0.15) is 37.1 Å². The lowest BCUT2D eigenvalue weighted by molar-refractivity contribution is 0.746. The van der Waals surface area contributed by atoms with Crippen molar-refractivity contribution in [2.75, 3.05) is 16.8 Å². The van der Waals surface area contributed by atoms with Crippen LogP contribution < -0.4 is 10.2 Å². The Morgan fingerprint density at radius 3 is 2.71 bits per heavy atom. The first kappa shape index (κ1) is 16.0. The first-order valence-electron chi connectivity index (χ1n) is 8.48. The predicted molar refractivity (Wildman–Crippen MR) is 99.8 cm³/mol. The molecule has 1 aromatic carbocycles. The Hall–Kier alpha value is -1.52. The monoisotopic (exact) mass is 362 g/mol. The van der Waals surface area contributed by atoms with Crippen LogP contribution in [-0.4, -0.2) is 22.6 Å². The van der Waals surface area contributed by atoms with E-state index < -0.39 is 0 Å². The summed E-state index contributed by atoms with van der Waals surface area (Å²) in [6.45, 7) is 2.80. The number of benzene rings is 1. The summed E-state index contributed by atoms with van der Waals surface area (Å²) < 4.78 is 0. The molecule has 0 spiro atoms. The minimum Gasteiger partial charge on any atom is -0.367 e. The number of aromatic nitrogens is 2. The van der Waals surface area contributed by atoms with Crippen LogP contribution in [0, 0.1) is 6.92 Å². The largest absolute Gasteiger partial charge is 0.367 e. The molecule has 1 aromatic heterocycles. The summed E-state index contributed by atoms with van der Waals surface area (Å²) in [5.74, 6) is 2.75. The zero-order chi connectivity index (χ0) is 16.7.